The topological polar surface area (TPSA) is 0 Å². The summed E-state index contributed by atoms with van der Waals surface area (Å²) in [6, 6.07) is 11.0. The Morgan fingerprint density at radius 3 is 1.64 bits per heavy atom. The van der Waals surface area contributed by atoms with Crippen molar-refractivity contribution in [1.82, 2.24) is 0 Å². The third-order valence-corrected chi connectivity index (χ3v) is 3.85. The van der Waals surface area contributed by atoms with E-state index in [2.05, 4.69) is 51.1 Å². The molecule has 0 amide bonds. The normalized spacial score (nSPS) is 10.8. The molecule has 0 bridgehead atoms. The summed E-state index contributed by atoms with van der Waals surface area (Å²) in [5.41, 5.74) is 1.56. The van der Waals surface area contributed by atoms with Crippen LogP contribution in [-0.2, 0) is 0 Å². The molecule has 0 atom stereocenters. The molecule has 72 valence electrons. The fourth-order valence-corrected chi connectivity index (χ4v) is 2.43. The van der Waals surface area contributed by atoms with Crippen molar-refractivity contribution in [3.8, 4) is 0 Å². The minimum atomic E-state index is -0.262. The fourth-order valence-electron chi connectivity index (χ4n) is 2.43. The Morgan fingerprint density at radius 2 is 1.29 bits per heavy atom. The van der Waals surface area contributed by atoms with E-state index in [-0.39, 0.29) is 25.0 Å². The molecule has 0 N–H and O–H groups in total. The smallest absolute Gasteiger partial charge is 0.210 e. The second kappa shape index (κ2) is 6.38. The molecular formula is C12H20BLi. The van der Waals surface area contributed by atoms with Gasteiger partial charge in [-0.3, -0.25) is 0 Å². The van der Waals surface area contributed by atoms with Gasteiger partial charge in [0.15, 0.2) is 0 Å². The molecule has 0 heterocycles. The first-order valence-electron chi connectivity index (χ1n) is 5.55. The summed E-state index contributed by atoms with van der Waals surface area (Å²) in [4.78, 5) is 0. The van der Waals surface area contributed by atoms with E-state index >= 15 is 0 Å². The SMILES string of the molecule is CC[B-](CC)(CC)c1ccccc1.[Li+]. The molecule has 0 saturated carbocycles. The van der Waals surface area contributed by atoms with Crippen molar-refractivity contribution in [3.63, 3.8) is 0 Å². The first kappa shape index (κ1) is 13.9. The Morgan fingerprint density at radius 1 is 0.857 bits per heavy atom. The minimum absolute atomic E-state index is 0. The molecule has 0 aliphatic heterocycles. The summed E-state index contributed by atoms with van der Waals surface area (Å²) in [7, 11) is 0. The third kappa shape index (κ3) is 2.69. The Labute approximate surface area is 101 Å². The van der Waals surface area contributed by atoms with Crippen LogP contribution in [0, 0.1) is 0 Å². The summed E-state index contributed by atoms with van der Waals surface area (Å²) >= 11 is 0. The molecule has 0 saturated heterocycles. The molecule has 0 nitrogen and oxygen atoms in total. The van der Waals surface area contributed by atoms with E-state index in [1.54, 1.807) is 5.46 Å². The Kier molecular flexibility index (Phi) is 6.33. The zero-order chi connectivity index (χ0) is 9.73. The van der Waals surface area contributed by atoms with Gasteiger partial charge >= 0.3 is 18.9 Å². The van der Waals surface area contributed by atoms with E-state index in [9.17, 15) is 0 Å². The summed E-state index contributed by atoms with van der Waals surface area (Å²) in [6.45, 7) is 6.96. The van der Waals surface area contributed by atoms with Gasteiger partial charge in [0, 0.05) is 6.15 Å². The van der Waals surface area contributed by atoms with Crippen LogP contribution >= 0.6 is 0 Å². The van der Waals surface area contributed by atoms with Gasteiger partial charge in [0.25, 0.3) is 0 Å². The monoisotopic (exact) mass is 182 g/mol. The summed E-state index contributed by atoms with van der Waals surface area (Å²) in [6.07, 6.45) is 3.65. The molecule has 2 heteroatoms. The molecule has 0 spiro atoms. The van der Waals surface area contributed by atoms with Gasteiger partial charge in [0.2, 0.25) is 0 Å². The molecule has 1 aromatic carbocycles. The molecule has 0 aliphatic rings. The van der Waals surface area contributed by atoms with Crippen LogP contribution in [0.15, 0.2) is 30.3 Å². The van der Waals surface area contributed by atoms with Crippen molar-refractivity contribution in [2.45, 2.75) is 39.7 Å². The molecule has 0 unspecified atom stereocenters. The fraction of sp³-hybridized carbons (Fsp3) is 0.500. The number of hydrogen-bond acceptors (Lipinski definition) is 0. The minimum Gasteiger partial charge on any atom is -0.210 e. The van der Waals surface area contributed by atoms with Crippen LogP contribution in [0.2, 0.25) is 19.0 Å². The Hall–Kier alpha value is -0.118. The average Bonchev–Trinajstić information content (AvgIpc) is 2.23. The van der Waals surface area contributed by atoms with Gasteiger partial charge in [0.05, 0.1) is 0 Å². The first-order chi connectivity index (χ1) is 6.29. The predicted molar refractivity (Wildman–Crippen MR) is 63.3 cm³/mol. The molecule has 0 fully saturated rings. The van der Waals surface area contributed by atoms with Crippen molar-refractivity contribution in [1.29, 1.82) is 0 Å². The van der Waals surface area contributed by atoms with Crippen LogP contribution in [0.4, 0.5) is 0 Å². The average molecular weight is 182 g/mol. The van der Waals surface area contributed by atoms with Crippen LogP contribution in [0.1, 0.15) is 20.8 Å². The molecule has 1 aromatic rings. The van der Waals surface area contributed by atoms with Crippen molar-refractivity contribution in [3.05, 3.63) is 30.3 Å². The van der Waals surface area contributed by atoms with Gasteiger partial charge in [-0.15, -0.1) is 0 Å². The van der Waals surface area contributed by atoms with E-state index < -0.39 is 0 Å². The van der Waals surface area contributed by atoms with E-state index in [4.69, 9.17) is 0 Å². The van der Waals surface area contributed by atoms with Crippen LogP contribution < -0.4 is 24.3 Å². The summed E-state index contributed by atoms with van der Waals surface area (Å²) in [5.74, 6) is 0. The Bertz CT molecular complexity index is 233. The first-order valence-corrected chi connectivity index (χ1v) is 5.55. The van der Waals surface area contributed by atoms with Crippen molar-refractivity contribution in [2.75, 3.05) is 0 Å². The van der Waals surface area contributed by atoms with Crippen LogP contribution in [-0.4, -0.2) is 6.15 Å². The van der Waals surface area contributed by atoms with Gasteiger partial charge in [-0.05, 0) is 0 Å². The largest absolute Gasteiger partial charge is 1.00 e. The molecular weight excluding hydrogens is 162 g/mol. The van der Waals surface area contributed by atoms with Crippen LogP contribution in [0.5, 0.6) is 0 Å². The van der Waals surface area contributed by atoms with Crippen LogP contribution in [0.3, 0.4) is 0 Å². The third-order valence-electron chi connectivity index (χ3n) is 3.85. The molecule has 1 rings (SSSR count). The molecule has 0 aliphatic carbocycles. The zero-order valence-corrected chi connectivity index (χ0v) is 10.1. The van der Waals surface area contributed by atoms with E-state index in [1.165, 1.54) is 19.0 Å². The van der Waals surface area contributed by atoms with E-state index in [0.29, 0.717) is 0 Å². The van der Waals surface area contributed by atoms with Crippen molar-refractivity contribution >= 4 is 11.6 Å². The van der Waals surface area contributed by atoms with Gasteiger partial charge in [-0.2, -0.15) is 19.0 Å². The standard InChI is InChI=1S/C12H20B.Li/c1-4-13(5-2,6-3)12-10-8-7-9-11-12;/h7-11H,4-6H2,1-3H3;/q-1;+1. The molecule has 14 heavy (non-hydrogen) atoms. The molecule has 0 aromatic heterocycles. The summed E-state index contributed by atoms with van der Waals surface area (Å²) in [5, 5.41) is 0. The maximum Gasteiger partial charge on any atom is 1.00 e. The number of hydrogen-bond donors (Lipinski definition) is 0. The molecule has 0 radical (unpaired) electrons. The quantitative estimate of drug-likeness (QED) is 0.591. The van der Waals surface area contributed by atoms with Gasteiger partial charge in [-0.1, -0.05) is 51.1 Å². The maximum atomic E-state index is 2.32. The second-order valence-electron chi connectivity index (χ2n) is 4.11. The van der Waals surface area contributed by atoms with Gasteiger partial charge in [-0.25, -0.2) is 5.46 Å². The Balaban J connectivity index is 0.00000169. The van der Waals surface area contributed by atoms with E-state index in [1.807, 2.05) is 0 Å². The van der Waals surface area contributed by atoms with Crippen LogP contribution in [0.25, 0.3) is 0 Å². The predicted octanol–water partition coefficient (Wildman–Crippen LogP) is 0.406. The number of benzene rings is 1. The second-order valence-corrected chi connectivity index (χ2v) is 4.11. The van der Waals surface area contributed by atoms with Crippen molar-refractivity contribution in [2.24, 2.45) is 0 Å². The van der Waals surface area contributed by atoms with Gasteiger partial charge in [0.1, 0.15) is 0 Å². The van der Waals surface area contributed by atoms with Gasteiger partial charge < -0.3 is 0 Å². The zero-order valence-electron chi connectivity index (χ0n) is 10.1. The van der Waals surface area contributed by atoms with Crippen molar-refractivity contribution < 1.29 is 18.9 Å². The number of rotatable bonds is 4. The summed E-state index contributed by atoms with van der Waals surface area (Å²) < 4.78 is 0. The van der Waals surface area contributed by atoms with E-state index in [0.717, 1.165) is 0 Å². The maximum absolute atomic E-state index is 2.32.